The molecule has 2 N–H and O–H groups in total. The Hall–Kier alpha value is -2.40. The van der Waals surface area contributed by atoms with Crippen LogP contribution in [0.15, 0.2) is 53.8 Å². The molecule has 0 bridgehead atoms. The van der Waals surface area contributed by atoms with Crippen LogP contribution in [0, 0.1) is 6.92 Å². The van der Waals surface area contributed by atoms with Gasteiger partial charge in [-0.25, -0.2) is 9.97 Å². The number of rotatable bonds is 8. The Morgan fingerprint density at radius 2 is 1.80 bits per heavy atom. The fourth-order valence-corrected chi connectivity index (χ4v) is 3.27. The van der Waals surface area contributed by atoms with Crippen LogP contribution in [-0.4, -0.2) is 29.6 Å². The first-order chi connectivity index (χ1) is 14.2. The number of halogens is 1. The van der Waals surface area contributed by atoms with Crippen molar-refractivity contribution in [2.75, 3.05) is 13.7 Å². The Labute approximate surface area is 198 Å². The molecule has 2 heterocycles. The van der Waals surface area contributed by atoms with Crippen LogP contribution in [0.1, 0.15) is 22.4 Å². The maximum Gasteiger partial charge on any atom is 0.219 e. The Morgan fingerprint density at radius 3 is 2.43 bits per heavy atom. The van der Waals surface area contributed by atoms with E-state index in [1.54, 1.807) is 24.6 Å². The van der Waals surface area contributed by atoms with Gasteiger partial charge in [-0.3, -0.25) is 4.99 Å². The third-order valence-corrected chi connectivity index (χ3v) is 4.83. The Kier molecular flexibility index (Phi) is 9.81. The summed E-state index contributed by atoms with van der Waals surface area (Å²) in [6, 6.07) is 11.4. The van der Waals surface area contributed by atoms with Gasteiger partial charge in [-0.2, -0.15) is 0 Å². The number of ether oxygens (including phenoxy) is 2. The van der Waals surface area contributed by atoms with Crippen molar-refractivity contribution in [3.8, 4) is 17.4 Å². The number of hydrogen-bond acceptors (Lipinski definition) is 6. The molecular weight excluding hydrogens is 513 g/mol. The van der Waals surface area contributed by atoms with Gasteiger partial charge in [0.1, 0.15) is 5.01 Å². The molecule has 160 valence electrons. The first-order valence-corrected chi connectivity index (χ1v) is 10.2. The van der Waals surface area contributed by atoms with Gasteiger partial charge >= 0.3 is 0 Å². The number of benzene rings is 1. The molecule has 0 radical (unpaired) electrons. The van der Waals surface area contributed by atoms with Gasteiger partial charge in [-0.15, -0.1) is 35.3 Å². The molecule has 3 aromatic rings. The zero-order valence-corrected chi connectivity index (χ0v) is 20.4. The fraction of sp³-hybridized carbons (Fsp3) is 0.286. The second-order valence-electron chi connectivity index (χ2n) is 6.13. The number of pyridine rings is 1. The van der Waals surface area contributed by atoms with E-state index in [9.17, 15) is 0 Å². The van der Waals surface area contributed by atoms with Crippen LogP contribution in [-0.2, 0) is 13.1 Å². The van der Waals surface area contributed by atoms with Crippen LogP contribution in [0.4, 0.5) is 0 Å². The molecule has 2 aromatic heterocycles. The Bertz CT molecular complexity index is 947. The highest BCUT2D eigenvalue weighted by Gasteiger charge is 2.07. The molecule has 0 fully saturated rings. The fourth-order valence-electron chi connectivity index (χ4n) is 2.55. The van der Waals surface area contributed by atoms with E-state index in [0.717, 1.165) is 10.6 Å². The Balaban J connectivity index is 0.00000320. The summed E-state index contributed by atoms with van der Waals surface area (Å²) in [7, 11) is 1.74. The zero-order chi connectivity index (χ0) is 20.5. The van der Waals surface area contributed by atoms with Crippen molar-refractivity contribution < 1.29 is 9.47 Å². The molecule has 0 saturated carbocycles. The summed E-state index contributed by atoms with van der Waals surface area (Å²) >= 11 is 1.67. The average molecular weight is 539 g/mol. The van der Waals surface area contributed by atoms with Crippen LogP contribution in [0.2, 0.25) is 0 Å². The minimum Gasteiger partial charge on any atom is -0.490 e. The van der Waals surface area contributed by atoms with Gasteiger partial charge in [0, 0.05) is 36.9 Å². The van der Waals surface area contributed by atoms with E-state index in [1.165, 1.54) is 4.88 Å². The number of aromatic nitrogens is 2. The molecule has 0 spiro atoms. The molecule has 30 heavy (non-hydrogen) atoms. The number of nitrogens with zero attached hydrogens (tertiary/aromatic N) is 3. The van der Waals surface area contributed by atoms with Gasteiger partial charge in [-0.05, 0) is 31.5 Å². The van der Waals surface area contributed by atoms with Crippen molar-refractivity contribution in [1.29, 1.82) is 0 Å². The lowest BCUT2D eigenvalue weighted by molar-refractivity contribution is 0.319. The highest BCUT2D eigenvalue weighted by molar-refractivity contribution is 14.0. The molecule has 3 rings (SSSR count). The Morgan fingerprint density at radius 1 is 1.03 bits per heavy atom. The van der Waals surface area contributed by atoms with Crippen molar-refractivity contribution >= 4 is 41.3 Å². The maximum atomic E-state index is 5.85. The minimum atomic E-state index is 0. The lowest BCUT2D eigenvalue weighted by atomic mass is 10.3. The van der Waals surface area contributed by atoms with Crippen LogP contribution in [0.3, 0.4) is 0 Å². The van der Waals surface area contributed by atoms with E-state index in [1.807, 2.05) is 56.4 Å². The lowest BCUT2D eigenvalue weighted by Gasteiger charge is -2.12. The molecular formula is C21H26IN5O2S. The molecule has 9 heteroatoms. The van der Waals surface area contributed by atoms with Crippen LogP contribution in [0.25, 0.3) is 0 Å². The molecule has 0 saturated heterocycles. The summed E-state index contributed by atoms with van der Waals surface area (Å²) in [4.78, 5) is 14.2. The quantitative estimate of drug-likeness (QED) is 0.249. The normalized spacial score (nSPS) is 10.8. The molecule has 0 aliphatic heterocycles. The van der Waals surface area contributed by atoms with E-state index in [-0.39, 0.29) is 24.0 Å². The van der Waals surface area contributed by atoms with Crippen molar-refractivity contribution in [3.63, 3.8) is 0 Å². The van der Waals surface area contributed by atoms with Crippen LogP contribution >= 0.6 is 35.3 Å². The number of hydrogen-bond donors (Lipinski definition) is 2. The highest BCUT2D eigenvalue weighted by Crippen LogP contribution is 2.30. The van der Waals surface area contributed by atoms with Crippen LogP contribution < -0.4 is 20.1 Å². The largest absolute Gasteiger partial charge is 0.490 e. The van der Waals surface area contributed by atoms with Gasteiger partial charge in [0.05, 0.1) is 13.2 Å². The summed E-state index contributed by atoms with van der Waals surface area (Å²) < 4.78 is 11.4. The number of para-hydroxylation sites is 2. The third kappa shape index (κ3) is 7.13. The molecule has 0 unspecified atom stereocenters. The van der Waals surface area contributed by atoms with Crippen molar-refractivity contribution in [2.45, 2.75) is 26.9 Å². The summed E-state index contributed by atoms with van der Waals surface area (Å²) in [5.41, 5.74) is 1.02. The summed E-state index contributed by atoms with van der Waals surface area (Å²) in [5.74, 6) is 2.58. The summed E-state index contributed by atoms with van der Waals surface area (Å²) in [6.07, 6.45) is 3.66. The van der Waals surface area contributed by atoms with E-state index >= 15 is 0 Å². The van der Waals surface area contributed by atoms with E-state index in [4.69, 9.17) is 9.47 Å². The first kappa shape index (κ1) is 23.9. The van der Waals surface area contributed by atoms with E-state index < -0.39 is 0 Å². The number of thiazole rings is 1. The molecule has 0 aliphatic rings. The molecule has 0 aliphatic carbocycles. The maximum absolute atomic E-state index is 5.85. The van der Waals surface area contributed by atoms with Crippen LogP contribution in [0.5, 0.6) is 17.4 Å². The molecule has 7 nitrogen and oxygen atoms in total. The molecule has 0 amide bonds. The van der Waals surface area contributed by atoms with Gasteiger partial charge in [-0.1, -0.05) is 18.2 Å². The molecule has 0 atom stereocenters. The summed E-state index contributed by atoms with van der Waals surface area (Å²) in [6.45, 7) is 5.80. The lowest BCUT2D eigenvalue weighted by Crippen LogP contribution is -2.36. The molecule has 1 aromatic carbocycles. The number of aliphatic imine (C=N–C) groups is 1. The topological polar surface area (TPSA) is 80.7 Å². The van der Waals surface area contributed by atoms with E-state index in [2.05, 4.69) is 25.6 Å². The first-order valence-electron chi connectivity index (χ1n) is 9.38. The summed E-state index contributed by atoms with van der Waals surface area (Å²) in [5, 5.41) is 7.56. The number of aryl methyl sites for hydroxylation is 1. The van der Waals surface area contributed by atoms with Crippen molar-refractivity contribution in [1.82, 2.24) is 20.6 Å². The monoisotopic (exact) mass is 539 g/mol. The predicted octanol–water partition coefficient (Wildman–Crippen LogP) is 4.52. The van der Waals surface area contributed by atoms with Crippen molar-refractivity contribution in [3.05, 3.63) is 64.2 Å². The predicted molar refractivity (Wildman–Crippen MR) is 131 cm³/mol. The van der Waals surface area contributed by atoms with E-state index in [0.29, 0.717) is 43.0 Å². The second kappa shape index (κ2) is 12.3. The number of nitrogens with one attached hydrogen (secondary N) is 2. The third-order valence-electron chi connectivity index (χ3n) is 3.92. The second-order valence-corrected chi connectivity index (χ2v) is 7.45. The standard InChI is InChI=1S/C21H25N5O2S.HI/c1-4-27-17-7-5-6-8-18(17)28-19-10-9-16(12-23-19)13-25-21(22-3)26-14-20-24-11-15(2)29-20;/h5-12H,4,13-14H2,1-3H3,(H2,22,25,26);1H. The van der Waals surface area contributed by atoms with Gasteiger partial charge < -0.3 is 20.1 Å². The average Bonchev–Trinajstić information content (AvgIpc) is 3.16. The minimum absolute atomic E-state index is 0. The van der Waals surface area contributed by atoms with Gasteiger partial charge in [0.2, 0.25) is 5.88 Å². The number of guanidine groups is 1. The van der Waals surface area contributed by atoms with Gasteiger partial charge in [0.25, 0.3) is 0 Å². The zero-order valence-electron chi connectivity index (χ0n) is 17.2. The SMILES string of the molecule is CCOc1ccccc1Oc1ccc(CNC(=NC)NCc2ncc(C)s2)cn1.I. The van der Waals surface area contributed by atoms with Crippen molar-refractivity contribution in [2.24, 2.45) is 4.99 Å². The van der Waals surface area contributed by atoms with Gasteiger partial charge in [0.15, 0.2) is 17.5 Å². The smallest absolute Gasteiger partial charge is 0.219 e. The highest BCUT2D eigenvalue weighted by atomic mass is 127.